The van der Waals surface area contributed by atoms with E-state index >= 15 is 4.39 Å². The van der Waals surface area contributed by atoms with Crippen LogP contribution in [0.25, 0.3) is 0 Å². The van der Waals surface area contributed by atoms with Gasteiger partial charge in [0.05, 0.1) is 13.7 Å². The topological polar surface area (TPSA) is 97.3 Å². The van der Waals surface area contributed by atoms with E-state index in [2.05, 4.69) is 5.32 Å². The fraction of sp³-hybridized carbons (Fsp3) is 0.375. The highest BCUT2D eigenvalue weighted by atomic mass is 19.1. The number of nitrogens with one attached hydrogen (secondary N) is 1. The van der Waals surface area contributed by atoms with E-state index in [1.807, 2.05) is 18.7 Å². The molecule has 0 unspecified atom stereocenters. The molecule has 2 atom stereocenters. The minimum atomic E-state index is -0.833. The first-order valence-corrected chi connectivity index (χ1v) is 14.0. The van der Waals surface area contributed by atoms with Crippen molar-refractivity contribution < 1.29 is 42.1 Å². The monoisotopic (exact) mass is 600 g/mol. The third-order valence-corrected chi connectivity index (χ3v) is 7.53. The Kier molecular flexibility index (Phi) is 10.2. The normalized spacial score (nSPS) is 17.3. The molecule has 3 aromatic carbocycles. The number of benzene rings is 3. The highest BCUT2D eigenvalue weighted by molar-refractivity contribution is 5.94. The minimum Gasteiger partial charge on any atom is -0.497 e. The highest BCUT2D eigenvalue weighted by Crippen LogP contribution is 2.45. The van der Waals surface area contributed by atoms with Crippen molar-refractivity contribution in [2.24, 2.45) is 0 Å². The minimum absolute atomic E-state index is 0.0244. The molecule has 43 heavy (non-hydrogen) atoms. The number of carbonyl (C=O) groups is 2. The number of aryl methyl sites for hydroxylation is 2. The Morgan fingerprint density at radius 3 is 2.30 bits per heavy atom. The fourth-order valence-corrected chi connectivity index (χ4v) is 5.58. The molecule has 0 bridgehead atoms. The van der Waals surface area contributed by atoms with Gasteiger partial charge >= 0.3 is 0 Å². The van der Waals surface area contributed by atoms with Crippen LogP contribution in [0.5, 0.6) is 17.2 Å². The van der Waals surface area contributed by atoms with Gasteiger partial charge in [-0.2, -0.15) is 0 Å². The summed E-state index contributed by atoms with van der Waals surface area (Å²) in [4.78, 5) is 24.2. The Hall–Kier alpha value is -4.25. The van der Waals surface area contributed by atoms with Crippen LogP contribution in [0.3, 0.4) is 0 Å². The first-order valence-electron chi connectivity index (χ1n) is 14.0. The highest BCUT2D eigenvalue weighted by Gasteiger charge is 2.37. The Balaban J connectivity index is 0.000000996. The number of aliphatic carboxylic acids is 1. The average Bonchev–Trinajstić information content (AvgIpc) is 3.61. The molecule has 8 nitrogen and oxygen atoms in total. The zero-order valence-corrected chi connectivity index (χ0v) is 24.5. The van der Waals surface area contributed by atoms with Gasteiger partial charge in [-0.1, -0.05) is 19.9 Å². The van der Waals surface area contributed by atoms with Crippen molar-refractivity contribution in [3.05, 3.63) is 82.2 Å². The van der Waals surface area contributed by atoms with Gasteiger partial charge in [-0.25, -0.2) is 13.2 Å². The number of nitrogens with zero attached hydrogens (tertiary/aromatic N) is 1. The lowest BCUT2D eigenvalue weighted by molar-refractivity contribution is -0.134. The zero-order valence-electron chi connectivity index (χ0n) is 24.5. The molecule has 5 rings (SSSR count). The Labute approximate surface area is 248 Å². The molecule has 1 amide bonds. The zero-order chi connectivity index (χ0) is 31.3. The second-order valence-corrected chi connectivity index (χ2v) is 10.4. The van der Waals surface area contributed by atoms with Gasteiger partial charge in [-0.3, -0.25) is 14.5 Å². The van der Waals surface area contributed by atoms with Gasteiger partial charge in [0.25, 0.3) is 5.97 Å². The van der Waals surface area contributed by atoms with Crippen LogP contribution in [0.4, 0.5) is 18.9 Å². The molecule has 0 radical (unpaired) electrons. The lowest BCUT2D eigenvalue weighted by Gasteiger charge is -2.25. The summed E-state index contributed by atoms with van der Waals surface area (Å²) in [7, 11) is 1.47. The SMILES string of the molecule is CC(=O)O.CCc1cc(F)cc(CC)c1NC(=O)CN1C[C@H](c2cc(F)c3c(c2)OCO3)C[C@@H]1c1ccc(OC)cc1F. The van der Waals surface area contributed by atoms with Crippen molar-refractivity contribution in [3.63, 3.8) is 0 Å². The van der Waals surface area contributed by atoms with Gasteiger partial charge in [0.15, 0.2) is 11.6 Å². The summed E-state index contributed by atoms with van der Waals surface area (Å²) in [6.07, 6.45) is 1.58. The molecule has 0 spiro atoms. The number of anilines is 1. The number of rotatable bonds is 8. The molecule has 2 heterocycles. The van der Waals surface area contributed by atoms with E-state index in [0.29, 0.717) is 65.2 Å². The standard InChI is InChI=1S/C30H31F3N2O4.C2H4O2/c1-4-17-8-21(31)9-18(5-2)29(17)34-28(36)15-35-14-20(19-10-25(33)30-27(12-19)38-16-39-30)11-26(35)23-7-6-22(37-3)13-24(23)32;1-2(3)4/h6-10,12-13,20,26H,4-5,11,14-16H2,1-3H3,(H,34,36);1H3,(H,3,4)/t20-,26-;/m1./s1. The quantitative estimate of drug-likeness (QED) is 0.317. The van der Waals surface area contributed by atoms with Crippen molar-refractivity contribution in [2.45, 2.75) is 52.0 Å². The summed E-state index contributed by atoms with van der Waals surface area (Å²) >= 11 is 0. The van der Waals surface area contributed by atoms with E-state index in [1.165, 1.54) is 31.4 Å². The number of likely N-dealkylation sites (tertiary alicyclic amines) is 1. The van der Waals surface area contributed by atoms with E-state index < -0.39 is 23.6 Å². The number of carboxylic acids is 1. The van der Waals surface area contributed by atoms with Crippen LogP contribution in [0.15, 0.2) is 42.5 Å². The Bertz CT molecular complexity index is 1470. The molecule has 0 aliphatic carbocycles. The van der Waals surface area contributed by atoms with E-state index in [4.69, 9.17) is 24.1 Å². The molecule has 3 aromatic rings. The maximum Gasteiger partial charge on any atom is 0.300 e. The Morgan fingerprint density at radius 1 is 1.02 bits per heavy atom. The Morgan fingerprint density at radius 2 is 1.70 bits per heavy atom. The lowest BCUT2D eigenvalue weighted by atomic mass is 9.93. The second-order valence-electron chi connectivity index (χ2n) is 10.4. The van der Waals surface area contributed by atoms with E-state index in [-0.39, 0.29) is 36.7 Å². The average molecular weight is 601 g/mol. The van der Waals surface area contributed by atoms with Crippen molar-refractivity contribution >= 4 is 17.6 Å². The summed E-state index contributed by atoms with van der Waals surface area (Å²) in [6, 6.07) is 10.3. The van der Waals surface area contributed by atoms with E-state index in [9.17, 15) is 13.6 Å². The van der Waals surface area contributed by atoms with Gasteiger partial charge in [0, 0.05) is 36.8 Å². The molecule has 230 valence electrons. The molecule has 2 aliphatic rings. The van der Waals surface area contributed by atoms with Crippen LogP contribution in [-0.4, -0.2) is 48.9 Å². The molecule has 1 saturated heterocycles. The first-order chi connectivity index (χ1) is 20.5. The number of fused-ring (bicyclic) bond motifs is 1. The van der Waals surface area contributed by atoms with Crippen LogP contribution in [-0.2, 0) is 22.4 Å². The first kappa shape index (κ1) is 31.7. The smallest absolute Gasteiger partial charge is 0.300 e. The molecular weight excluding hydrogens is 565 g/mol. The third-order valence-electron chi connectivity index (χ3n) is 7.53. The summed E-state index contributed by atoms with van der Waals surface area (Å²) in [5, 5.41) is 10.4. The number of halogens is 3. The third kappa shape index (κ3) is 7.40. The molecule has 2 N–H and O–H groups in total. The van der Waals surface area contributed by atoms with Gasteiger partial charge in [0.2, 0.25) is 18.4 Å². The van der Waals surface area contributed by atoms with Gasteiger partial charge in [-0.15, -0.1) is 0 Å². The summed E-state index contributed by atoms with van der Waals surface area (Å²) < 4.78 is 59.8. The van der Waals surface area contributed by atoms with Crippen molar-refractivity contribution in [2.75, 3.05) is 32.3 Å². The summed E-state index contributed by atoms with van der Waals surface area (Å²) in [5.74, 6) is -1.79. The largest absolute Gasteiger partial charge is 0.497 e. The van der Waals surface area contributed by atoms with Crippen molar-refractivity contribution in [1.29, 1.82) is 0 Å². The molecular formula is C32H35F3N2O6. The maximum atomic E-state index is 15.2. The van der Waals surface area contributed by atoms with Crippen LogP contribution in [0.2, 0.25) is 0 Å². The van der Waals surface area contributed by atoms with E-state index in [1.54, 1.807) is 18.2 Å². The fourth-order valence-electron chi connectivity index (χ4n) is 5.58. The van der Waals surface area contributed by atoms with Crippen LogP contribution in [0.1, 0.15) is 61.4 Å². The molecule has 0 saturated carbocycles. The van der Waals surface area contributed by atoms with Gasteiger partial charge < -0.3 is 24.6 Å². The number of hydrogen-bond donors (Lipinski definition) is 2. The summed E-state index contributed by atoms with van der Waals surface area (Å²) in [6.45, 7) is 5.22. The number of methoxy groups -OCH3 is 1. The molecule has 1 fully saturated rings. The number of amides is 1. The van der Waals surface area contributed by atoms with Gasteiger partial charge in [0.1, 0.15) is 17.4 Å². The number of ether oxygens (including phenoxy) is 3. The van der Waals surface area contributed by atoms with Crippen LogP contribution < -0.4 is 19.5 Å². The maximum absolute atomic E-state index is 15.2. The van der Waals surface area contributed by atoms with Gasteiger partial charge in [-0.05, 0) is 72.2 Å². The second kappa shape index (κ2) is 13.8. The summed E-state index contributed by atoms with van der Waals surface area (Å²) in [5.41, 5.74) is 3.17. The predicted octanol–water partition coefficient (Wildman–Crippen LogP) is 6.23. The van der Waals surface area contributed by atoms with E-state index in [0.717, 1.165) is 6.92 Å². The molecule has 0 aromatic heterocycles. The van der Waals surface area contributed by atoms with Crippen LogP contribution in [0, 0.1) is 17.5 Å². The van der Waals surface area contributed by atoms with Crippen molar-refractivity contribution in [3.8, 4) is 17.2 Å². The number of hydrogen-bond acceptors (Lipinski definition) is 6. The predicted molar refractivity (Wildman–Crippen MR) is 154 cm³/mol. The molecule has 2 aliphatic heterocycles. The lowest BCUT2D eigenvalue weighted by Crippen LogP contribution is -2.34. The number of carboxylic acid groups (broad SMARTS) is 1. The van der Waals surface area contributed by atoms with Crippen molar-refractivity contribution in [1.82, 2.24) is 4.90 Å². The molecule has 11 heteroatoms. The number of carbonyl (C=O) groups excluding carboxylic acids is 1. The van der Waals surface area contributed by atoms with Crippen LogP contribution >= 0.6 is 0 Å².